The zero-order chi connectivity index (χ0) is 12.1. The van der Waals surface area contributed by atoms with E-state index >= 15 is 0 Å². The van der Waals surface area contributed by atoms with Crippen LogP contribution in [0.3, 0.4) is 0 Å². The molecule has 1 saturated heterocycles. The molecule has 0 aliphatic carbocycles. The molecule has 0 radical (unpaired) electrons. The third kappa shape index (κ3) is 5.76. The van der Waals surface area contributed by atoms with Gasteiger partial charge in [0, 0.05) is 18.8 Å². The molecule has 1 unspecified atom stereocenters. The second kappa shape index (κ2) is 9.13. The third-order valence-corrected chi connectivity index (χ3v) is 3.20. The fourth-order valence-electron chi connectivity index (χ4n) is 2.17. The molecule has 0 aromatic carbocycles. The molecule has 1 aromatic heterocycles. The summed E-state index contributed by atoms with van der Waals surface area (Å²) in [6.45, 7) is 3.99. The Hall–Kier alpha value is -0.840. The number of pyridine rings is 1. The van der Waals surface area contributed by atoms with E-state index in [1.54, 1.807) is 12.4 Å². The van der Waals surface area contributed by atoms with E-state index in [2.05, 4.69) is 15.6 Å². The third-order valence-electron chi connectivity index (χ3n) is 3.20. The average molecular weight is 306 g/mol. The Morgan fingerprint density at radius 2 is 2.37 bits per heavy atom. The molecule has 1 aliphatic rings. The summed E-state index contributed by atoms with van der Waals surface area (Å²) in [6, 6.07) is 3.90. The van der Waals surface area contributed by atoms with Gasteiger partial charge in [-0.15, -0.1) is 24.8 Å². The minimum atomic E-state index is 0. The van der Waals surface area contributed by atoms with E-state index in [-0.39, 0.29) is 36.8 Å². The zero-order valence-corrected chi connectivity index (χ0v) is 12.6. The molecule has 2 atom stereocenters. The fraction of sp³-hybridized carbons (Fsp3) is 0.538. The van der Waals surface area contributed by atoms with Crippen molar-refractivity contribution in [3.63, 3.8) is 0 Å². The van der Waals surface area contributed by atoms with Gasteiger partial charge in [-0.3, -0.25) is 9.78 Å². The quantitative estimate of drug-likeness (QED) is 0.896. The van der Waals surface area contributed by atoms with E-state index in [1.165, 1.54) is 0 Å². The molecule has 2 heterocycles. The normalized spacial score (nSPS) is 18.9. The van der Waals surface area contributed by atoms with E-state index in [0.717, 1.165) is 25.1 Å². The lowest BCUT2D eigenvalue weighted by Gasteiger charge is -2.15. The first-order valence-electron chi connectivity index (χ1n) is 6.15. The van der Waals surface area contributed by atoms with Crippen LogP contribution in [0.4, 0.5) is 0 Å². The SMILES string of the molecule is C[C@H](NC(=O)CC1CCNC1)c1cccnc1.Cl.Cl. The number of halogens is 2. The van der Waals surface area contributed by atoms with E-state index < -0.39 is 0 Å². The average Bonchev–Trinajstić information content (AvgIpc) is 2.82. The van der Waals surface area contributed by atoms with E-state index in [0.29, 0.717) is 12.3 Å². The van der Waals surface area contributed by atoms with Gasteiger partial charge in [-0.25, -0.2) is 0 Å². The Kier molecular flexibility index (Phi) is 8.72. The molecular weight excluding hydrogens is 285 g/mol. The molecule has 4 nitrogen and oxygen atoms in total. The molecule has 1 amide bonds. The summed E-state index contributed by atoms with van der Waals surface area (Å²) in [5.41, 5.74) is 1.05. The summed E-state index contributed by atoms with van der Waals surface area (Å²) in [5, 5.41) is 6.29. The van der Waals surface area contributed by atoms with E-state index in [1.807, 2.05) is 19.1 Å². The zero-order valence-electron chi connectivity index (χ0n) is 11.0. The fourth-order valence-corrected chi connectivity index (χ4v) is 2.17. The van der Waals surface area contributed by atoms with Gasteiger partial charge in [0.2, 0.25) is 5.91 Å². The van der Waals surface area contributed by atoms with Crippen molar-refractivity contribution in [2.24, 2.45) is 5.92 Å². The molecular formula is C13H21Cl2N3O. The second-order valence-electron chi connectivity index (χ2n) is 4.64. The number of nitrogens with one attached hydrogen (secondary N) is 2. The van der Waals surface area contributed by atoms with Gasteiger partial charge in [0.25, 0.3) is 0 Å². The smallest absolute Gasteiger partial charge is 0.220 e. The van der Waals surface area contributed by atoms with Crippen LogP contribution in [0.25, 0.3) is 0 Å². The number of hydrogen-bond donors (Lipinski definition) is 2. The Bertz CT molecular complexity index is 369. The Labute approximate surface area is 126 Å². The molecule has 0 bridgehead atoms. The lowest BCUT2D eigenvalue weighted by Crippen LogP contribution is -2.28. The van der Waals surface area contributed by atoms with Crippen molar-refractivity contribution in [2.75, 3.05) is 13.1 Å². The van der Waals surface area contributed by atoms with Crippen LogP contribution in [-0.2, 0) is 4.79 Å². The van der Waals surface area contributed by atoms with Gasteiger partial charge in [-0.05, 0) is 44.0 Å². The van der Waals surface area contributed by atoms with Crippen LogP contribution in [0.15, 0.2) is 24.5 Å². The first-order valence-corrected chi connectivity index (χ1v) is 6.15. The van der Waals surface area contributed by atoms with E-state index in [9.17, 15) is 4.79 Å². The minimum Gasteiger partial charge on any atom is -0.350 e. The maximum absolute atomic E-state index is 11.8. The highest BCUT2D eigenvalue weighted by Gasteiger charge is 2.19. The van der Waals surface area contributed by atoms with Gasteiger partial charge < -0.3 is 10.6 Å². The highest BCUT2D eigenvalue weighted by atomic mass is 35.5. The lowest BCUT2D eigenvalue weighted by molar-refractivity contribution is -0.122. The first kappa shape index (κ1) is 18.2. The van der Waals surface area contributed by atoms with Gasteiger partial charge in [0.05, 0.1) is 6.04 Å². The van der Waals surface area contributed by atoms with Crippen molar-refractivity contribution >= 4 is 30.7 Å². The van der Waals surface area contributed by atoms with Crippen molar-refractivity contribution in [1.82, 2.24) is 15.6 Å². The number of aromatic nitrogens is 1. The van der Waals surface area contributed by atoms with Gasteiger partial charge in [0.15, 0.2) is 0 Å². The predicted octanol–water partition coefficient (Wildman–Crippen LogP) is 2.10. The highest BCUT2D eigenvalue weighted by Crippen LogP contribution is 2.14. The van der Waals surface area contributed by atoms with Crippen molar-refractivity contribution in [1.29, 1.82) is 0 Å². The minimum absolute atomic E-state index is 0. The highest BCUT2D eigenvalue weighted by molar-refractivity contribution is 5.85. The van der Waals surface area contributed by atoms with Gasteiger partial charge in [-0.1, -0.05) is 6.07 Å². The molecule has 6 heteroatoms. The molecule has 1 fully saturated rings. The maximum atomic E-state index is 11.8. The monoisotopic (exact) mass is 305 g/mol. The Morgan fingerprint density at radius 3 is 2.95 bits per heavy atom. The second-order valence-corrected chi connectivity index (χ2v) is 4.64. The summed E-state index contributed by atoms with van der Waals surface area (Å²) < 4.78 is 0. The van der Waals surface area contributed by atoms with Crippen molar-refractivity contribution in [3.8, 4) is 0 Å². The van der Waals surface area contributed by atoms with Gasteiger partial charge in [-0.2, -0.15) is 0 Å². The van der Waals surface area contributed by atoms with Crippen LogP contribution in [0.2, 0.25) is 0 Å². The number of carbonyl (C=O) groups is 1. The summed E-state index contributed by atoms with van der Waals surface area (Å²) in [5.74, 6) is 0.631. The topological polar surface area (TPSA) is 54.0 Å². The van der Waals surface area contributed by atoms with Crippen LogP contribution in [0.1, 0.15) is 31.4 Å². The summed E-state index contributed by atoms with van der Waals surface area (Å²) in [4.78, 5) is 15.9. The lowest BCUT2D eigenvalue weighted by atomic mass is 10.0. The van der Waals surface area contributed by atoms with Crippen LogP contribution in [-0.4, -0.2) is 24.0 Å². The molecule has 2 rings (SSSR count). The molecule has 19 heavy (non-hydrogen) atoms. The predicted molar refractivity (Wildman–Crippen MR) is 80.9 cm³/mol. The largest absolute Gasteiger partial charge is 0.350 e. The maximum Gasteiger partial charge on any atom is 0.220 e. The van der Waals surface area contributed by atoms with Crippen molar-refractivity contribution < 1.29 is 4.79 Å². The molecule has 1 aromatic rings. The molecule has 2 N–H and O–H groups in total. The van der Waals surface area contributed by atoms with Crippen LogP contribution in [0.5, 0.6) is 0 Å². The Morgan fingerprint density at radius 1 is 1.58 bits per heavy atom. The van der Waals surface area contributed by atoms with Gasteiger partial charge >= 0.3 is 0 Å². The van der Waals surface area contributed by atoms with Crippen LogP contribution >= 0.6 is 24.8 Å². The van der Waals surface area contributed by atoms with Crippen LogP contribution < -0.4 is 10.6 Å². The van der Waals surface area contributed by atoms with Crippen molar-refractivity contribution in [3.05, 3.63) is 30.1 Å². The number of rotatable bonds is 4. The number of carbonyl (C=O) groups excluding carboxylic acids is 1. The molecule has 1 aliphatic heterocycles. The molecule has 108 valence electrons. The summed E-state index contributed by atoms with van der Waals surface area (Å²) in [6.07, 6.45) is 5.26. The van der Waals surface area contributed by atoms with E-state index in [4.69, 9.17) is 0 Å². The summed E-state index contributed by atoms with van der Waals surface area (Å²) in [7, 11) is 0. The number of nitrogens with zero attached hydrogens (tertiary/aromatic N) is 1. The molecule has 0 spiro atoms. The van der Waals surface area contributed by atoms with Crippen LogP contribution in [0, 0.1) is 5.92 Å². The standard InChI is InChI=1S/C13H19N3O.2ClH/c1-10(12-3-2-5-14-9-12)16-13(17)7-11-4-6-15-8-11;;/h2-3,5,9-11,15H,4,6-8H2,1H3,(H,16,17);2*1H/t10-,11?;;/m0../s1. The van der Waals surface area contributed by atoms with Crippen molar-refractivity contribution in [2.45, 2.75) is 25.8 Å². The number of amides is 1. The molecule has 0 saturated carbocycles. The first-order chi connectivity index (χ1) is 8.25. The summed E-state index contributed by atoms with van der Waals surface area (Å²) >= 11 is 0. The Balaban J connectivity index is 0.00000162. The van der Waals surface area contributed by atoms with Gasteiger partial charge in [0.1, 0.15) is 0 Å². The number of hydrogen-bond acceptors (Lipinski definition) is 3.